The molecule has 28 heavy (non-hydrogen) atoms. The summed E-state index contributed by atoms with van der Waals surface area (Å²) in [6, 6.07) is 11.5. The molecule has 7 heteroatoms. The van der Waals surface area contributed by atoms with Gasteiger partial charge in [0.15, 0.2) is 0 Å². The van der Waals surface area contributed by atoms with Gasteiger partial charge in [-0.3, -0.25) is 0 Å². The maximum atomic E-state index is 14.6. The molecule has 1 amide bonds. The van der Waals surface area contributed by atoms with Crippen molar-refractivity contribution in [2.45, 2.75) is 18.8 Å². The summed E-state index contributed by atoms with van der Waals surface area (Å²) in [7, 11) is 0. The van der Waals surface area contributed by atoms with Crippen LogP contribution in [0.15, 0.2) is 47.5 Å². The molecular weight excluding hydrogens is 362 g/mol. The topological polar surface area (TPSA) is 71.0 Å². The highest BCUT2D eigenvalue weighted by atomic mass is 19.1. The molecule has 0 bridgehead atoms. The van der Waals surface area contributed by atoms with Crippen LogP contribution in [0.3, 0.4) is 0 Å². The second-order valence-electron chi connectivity index (χ2n) is 6.85. The van der Waals surface area contributed by atoms with E-state index in [1.807, 2.05) is 6.07 Å². The van der Waals surface area contributed by atoms with Crippen LogP contribution in [0.25, 0.3) is 11.1 Å². The summed E-state index contributed by atoms with van der Waals surface area (Å²) in [5.74, 6) is -1.24. The zero-order valence-corrected chi connectivity index (χ0v) is 14.5. The van der Waals surface area contributed by atoms with Crippen molar-refractivity contribution in [2.24, 2.45) is 4.99 Å². The van der Waals surface area contributed by atoms with Crippen LogP contribution in [-0.2, 0) is 0 Å². The van der Waals surface area contributed by atoms with Crippen molar-refractivity contribution in [3.05, 3.63) is 76.6 Å². The third-order valence-corrected chi connectivity index (χ3v) is 4.98. The average Bonchev–Trinajstić information content (AvgIpc) is 3.39. The molecule has 0 spiro atoms. The van der Waals surface area contributed by atoms with Crippen molar-refractivity contribution in [2.75, 3.05) is 0 Å². The molecular formula is C21H12F2N4O. The van der Waals surface area contributed by atoms with Gasteiger partial charge in [-0.2, -0.15) is 20.0 Å². The molecule has 1 fully saturated rings. The molecule has 1 aromatic heterocycles. The number of amides is 1. The number of rotatable bonds is 3. The summed E-state index contributed by atoms with van der Waals surface area (Å²) >= 11 is 0. The van der Waals surface area contributed by atoms with Crippen molar-refractivity contribution in [1.82, 2.24) is 9.78 Å². The van der Waals surface area contributed by atoms with Gasteiger partial charge in [-0.1, -0.05) is 12.1 Å². The maximum Gasteiger partial charge on any atom is 0.369 e. The van der Waals surface area contributed by atoms with Gasteiger partial charge in [-0.25, -0.2) is 13.6 Å². The molecule has 136 valence electrons. The van der Waals surface area contributed by atoms with Crippen molar-refractivity contribution in [3.63, 3.8) is 0 Å². The fourth-order valence-electron chi connectivity index (χ4n) is 3.49. The monoisotopic (exact) mass is 374 g/mol. The minimum Gasteiger partial charge on any atom is -0.244 e. The summed E-state index contributed by atoms with van der Waals surface area (Å²) in [6.45, 7) is 0. The predicted octanol–water partition coefficient (Wildman–Crippen LogP) is 4.40. The van der Waals surface area contributed by atoms with Gasteiger partial charge < -0.3 is 0 Å². The fraction of sp³-hybridized carbons (Fsp3) is 0.143. The Morgan fingerprint density at radius 3 is 2.50 bits per heavy atom. The third-order valence-electron chi connectivity index (χ3n) is 4.98. The Morgan fingerprint density at radius 2 is 1.86 bits per heavy atom. The molecule has 3 aromatic rings. The molecule has 2 aromatic carbocycles. The van der Waals surface area contributed by atoms with E-state index in [0.717, 1.165) is 18.9 Å². The number of nitriles is 1. The lowest BCUT2D eigenvalue weighted by molar-refractivity contribution is 0.249. The first-order chi connectivity index (χ1) is 13.6. The molecule has 5 rings (SSSR count). The summed E-state index contributed by atoms with van der Waals surface area (Å²) < 4.78 is 29.3. The van der Waals surface area contributed by atoms with Crippen LogP contribution in [-0.4, -0.2) is 21.5 Å². The number of aliphatic imine (C=N–C) groups is 1. The molecule has 1 aliphatic heterocycles. The van der Waals surface area contributed by atoms with Crippen molar-refractivity contribution >= 4 is 11.7 Å². The first-order valence-electron chi connectivity index (χ1n) is 8.79. The zero-order valence-electron chi connectivity index (χ0n) is 14.5. The molecule has 5 nitrogen and oxygen atoms in total. The van der Waals surface area contributed by atoms with E-state index in [9.17, 15) is 13.6 Å². The molecule has 2 heterocycles. The van der Waals surface area contributed by atoms with E-state index in [4.69, 9.17) is 5.26 Å². The highest BCUT2D eigenvalue weighted by Crippen LogP contribution is 2.46. The van der Waals surface area contributed by atoms with E-state index in [1.165, 1.54) is 16.8 Å². The number of hydrogen-bond donors (Lipinski definition) is 0. The highest BCUT2D eigenvalue weighted by Gasteiger charge is 2.38. The minimum atomic E-state index is -0.712. The summed E-state index contributed by atoms with van der Waals surface area (Å²) in [5.41, 5.74) is 3.18. The molecule has 2 aliphatic rings. The van der Waals surface area contributed by atoms with Crippen LogP contribution in [0.5, 0.6) is 0 Å². The zero-order chi connectivity index (χ0) is 19.4. The van der Waals surface area contributed by atoms with E-state index in [0.29, 0.717) is 33.8 Å². The Morgan fingerprint density at radius 1 is 1.11 bits per heavy atom. The van der Waals surface area contributed by atoms with Gasteiger partial charge in [-0.05, 0) is 37.1 Å². The smallest absolute Gasteiger partial charge is 0.244 e. The lowest BCUT2D eigenvalue weighted by atomic mass is 9.95. The number of carbonyl (C=O) groups is 1. The van der Waals surface area contributed by atoms with Crippen LogP contribution in [0, 0.1) is 23.0 Å². The standard InChI is InChI=1S/C21H12F2N4O/c22-14-7-8-15(16(23)9-14)17-18(12-5-6-12)26-27-20(17)19(25-21(27)28)13-3-1-11(10-24)2-4-13/h1-4,7-9,12H,5-6H2. The molecule has 1 saturated carbocycles. The maximum absolute atomic E-state index is 14.6. The third kappa shape index (κ3) is 2.46. The molecule has 0 unspecified atom stereocenters. The Balaban J connectivity index is 1.75. The van der Waals surface area contributed by atoms with E-state index >= 15 is 0 Å². The van der Waals surface area contributed by atoms with Gasteiger partial charge in [0.1, 0.15) is 23.0 Å². The Hall–Kier alpha value is -3.66. The number of aromatic nitrogens is 2. The van der Waals surface area contributed by atoms with Crippen molar-refractivity contribution in [3.8, 4) is 17.2 Å². The molecule has 0 N–H and O–H groups in total. The lowest BCUT2D eigenvalue weighted by Gasteiger charge is -2.08. The SMILES string of the molecule is N#Cc1ccc(C2=NC(=O)n3nc(C4CC4)c(-c4ccc(F)cc4F)c32)cc1. The van der Waals surface area contributed by atoms with Gasteiger partial charge in [0.2, 0.25) is 0 Å². The van der Waals surface area contributed by atoms with E-state index < -0.39 is 17.7 Å². The van der Waals surface area contributed by atoms with Gasteiger partial charge in [0, 0.05) is 28.7 Å². The molecule has 0 saturated heterocycles. The number of fused-ring (bicyclic) bond motifs is 1. The van der Waals surface area contributed by atoms with E-state index in [2.05, 4.69) is 10.1 Å². The molecule has 0 radical (unpaired) electrons. The first kappa shape index (κ1) is 16.5. The van der Waals surface area contributed by atoms with Crippen LogP contribution in [0.4, 0.5) is 13.6 Å². The number of hydrogen-bond acceptors (Lipinski definition) is 3. The second-order valence-corrected chi connectivity index (χ2v) is 6.85. The Kier molecular flexibility index (Phi) is 3.49. The normalized spacial score (nSPS) is 15.3. The summed E-state index contributed by atoms with van der Waals surface area (Å²) in [4.78, 5) is 16.6. The van der Waals surface area contributed by atoms with Crippen molar-refractivity contribution in [1.29, 1.82) is 5.26 Å². The lowest BCUT2D eigenvalue weighted by Crippen LogP contribution is -2.07. The highest BCUT2D eigenvalue weighted by molar-refractivity contribution is 6.23. The largest absolute Gasteiger partial charge is 0.369 e. The van der Waals surface area contributed by atoms with Gasteiger partial charge in [0.05, 0.1) is 17.3 Å². The fourth-order valence-corrected chi connectivity index (χ4v) is 3.49. The van der Waals surface area contributed by atoms with Crippen LogP contribution >= 0.6 is 0 Å². The number of nitrogens with zero attached hydrogens (tertiary/aromatic N) is 4. The van der Waals surface area contributed by atoms with Gasteiger partial charge in [0.25, 0.3) is 0 Å². The van der Waals surface area contributed by atoms with Crippen LogP contribution in [0.2, 0.25) is 0 Å². The van der Waals surface area contributed by atoms with E-state index in [-0.39, 0.29) is 11.5 Å². The van der Waals surface area contributed by atoms with E-state index in [1.54, 1.807) is 24.3 Å². The Labute approximate surface area is 158 Å². The number of carbonyl (C=O) groups excluding carboxylic acids is 1. The Bertz CT molecular complexity index is 1210. The number of halogens is 2. The second kappa shape index (κ2) is 5.92. The summed E-state index contributed by atoms with van der Waals surface area (Å²) in [5, 5.41) is 13.4. The van der Waals surface area contributed by atoms with Crippen LogP contribution < -0.4 is 0 Å². The number of benzene rings is 2. The summed E-state index contributed by atoms with van der Waals surface area (Å²) in [6.07, 6.45) is 1.81. The van der Waals surface area contributed by atoms with Gasteiger partial charge in [-0.15, -0.1) is 0 Å². The predicted molar refractivity (Wildman–Crippen MR) is 97.1 cm³/mol. The van der Waals surface area contributed by atoms with Gasteiger partial charge >= 0.3 is 6.03 Å². The quantitative estimate of drug-likeness (QED) is 0.682. The molecule has 0 atom stereocenters. The van der Waals surface area contributed by atoms with Crippen molar-refractivity contribution < 1.29 is 13.6 Å². The average molecular weight is 374 g/mol. The minimum absolute atomic E-state index is 0.146. The molecule has 1 aliphatic carbocycles. The van der Waals surface area contributed by atoms with Crippen LogP contribution in [0.1, 0.15) is 41.3 Å². The first-order valence-corrected chi connectivity index (χ1v) is 8.79.